The molecule has 0 saturated carbocycles. The summed E-state index contributed by atoms with van der Waals surface area (Å²) in [6.45, 7) is 6.01. The number of fused-ring (bicyclic) bond motifs is 1. The summed E-state index contributed by atoms with van der Waals surface area (Å²) in [5.41, 5.74) is 1.42. The molecule has 3 rings (SSSR count). The minimum absolute atomic E-state index is 0.230. The molecule has 2 unspecified atom stereocenters. The number of likely N-dealkylation sites (N-methyl/N-ethyl adjacent to an activating group) is 1. The van der Waals surface area contributed by atoms with Gasteiger partial charge in [-0.05, 0) is 42.4 Å². The highest BCUT2D eigenvalue weighted by molar-refractivity contribution is 7.17. The van der Waals surface area contributed by atoms with E-state index in [2.05, 4.69) is 53.8 Å². The number of nitrogens with zero attached hydrogens (tertiary/aromatic N) is 1. The number of rotatable bonds is 5. The van der Waals surface area contributed by atoms with Crippen LogP contribution in [-0.4, -0.2) is 44.3 Å². The first-order chi connectivity index (χ1) is 10.3. The molecule has 2 aromatic rings. The van der Waals surface area contributed by atoms with Gasteiger partial charge >= 0.3 is 0 Å². The van der Waals surface area contributed by atoms with Crippen molar-refractivity contribution in [1.29, 1.82) is 0 Å². The maximum Gasteiger partial charge on any atom is 0.0896 e. The summed E-state index contributed by atoms with van der Waals surface area (Å²) in [6, 6.07) is 9.04. The van der Waals surface area contributed by atoms with E-state index in [9.17, 15) is 0 Å². The van der Waals surface area contributed by atoms with E-state index in [0.29, 0.717) is 6.04 Å². The minimum Gasteiger partial charge on any atom is -0.374 e. The number of thiophene rings is 1. The third kappa shape index (κ3) is 3.14. The maximum atomic E-state index is 6.08. The second-order valence-electron chi connectivity index (χ2n) is 5.73. The largest absolute Gasteiger partial charge is 0.374 e. The molecule has 1 aromatic heterocycles. The topological polar surface area (TPSA) is 24.5 Å². The van der Waals surface area contributed by atoms with E-state index in [0.717, 1.165) is 32.7 Å². The molecule has 0 aliphatic carbocycles. The van der Waals surface area contributed by atoms with Crippen molar-refractivity contribution in [2.45, 2.75) is 25.5 Å². The predicted octanol–water partition coefficient (Wildman–Crippen LogP) is 3.27. The van der Waals surface area contributed by atoms with Gasteiger partial charge in [-0.25, -0.2) is 0 Å². The average molecular weight is 304 g/mol. The molecule has 0 radical (unpaired) electrons. The van der Waals surface area contributed by atoms with E-state index in [1.165, 1.54) is 15.6 Å². The van der Waals surface area contributed by atoms with Crippen LogP contribution in [0, 0.1) is 0 Å². The molecule has 4 heteroatoms. The van der Waals surface area contributed by atoms with Crippen LogP contribution in [0.4, 0.5) is 0 Å². The van der Waals surface area contributed by atoms with Gasteiger partial charge in [0, 0.05) is 17.8 Å². The lowest BCUT2D eigenvalue weighted by Crippen LogP contribution is -2.47. The summed E-state index contributed by atoms with van der Waals surface area (Å²) in [5, 5.41) is 7.21. The lowest BCUT2D eigenvalue weighted by Gasteiger charge is -2.39. The molecule has 1 aliphatic heterocycles. The van der Waals surface area contributed by atoms with Crippen LogP contribution < -0.4 is 5.32 Å². The van der Waals surface area contributed by atoms with E-state index in [1.807, 2.05) is 11.3 Å². The van der Waals surface area contributed by atoms with E-state index in [4.69, 9.17) is 4.74 Å². The molecular formula is C17H24N2OS. The van der Waals surface area contributed by atoms with Gasteiger partial charge in [-0.2, -0.15) is 0 Å². The highest BCUT2D eigenvalue weighted by Crippen LogP contribution is 2.36. The van der Waals surface area contributed by atoms with Crippen LogP contribution in [0.2, 0.25) is 0 Å². The number of hydrogen-bond donors (Lipinski definition) is 1. The lowest BCUT2D eigenvalue weighted by atomic mass is 9.97. The Morgan fingerprint density at radius 2 is 2.24 bits per heavy atom. The van der Waals surface area contributed by atoms with Gasteiger partial charge in [0.1, 0.15) is 0 Å². The first-order valence-corrected chi connectivity index (χ1v) is 8.68. The molecule has 114 valence electrons. The molecule has 1 aliphatic rings. The normalized spacial score (nSPS) is 23.7. The van der Waals surface area contributed by atoms with Gasteiger partial charge in [0.25, 0.3) is 0 Å². The Balaban J connectivity index is 1.87. The number of ether oxygens (including phenoxy) is 1. The third-order valence-electron chi connectivity index (χ3n) is 4.20. The van der Waals surface area contributed by atoms with E-state index in [1.54, 1.807) is 0 Å². The number of nitrogens with one attached hydrogen (secondary N) is 1. The molecule has 1 N–H and O–H groups in total. The quantitative estimate of drug-likeness (QED) is 0.858. The summed E-state index contributed by atoms with van der Waals surface area (Å²) in [5.74, 6) is 0. The van der Waals surface area contributed by atoms with Crippen LogP contribution in [-0.2, 0) is 4.74 Å². The predicted molar refractivity (Wildman–Crippen MR) is 90.1 cm³/mol. The van der Waals surface area contributed by atoms with Crippen molar-refractivity contribution in [3.05, 3.63) is 35.2 Å². The first-order valence-electron chi connectivity index (χ1n) is 7.80. The summed E-state index contributed by atoms with van der Waals surface area (Å²) in [6.07, 6.45) is 1.39. The fourth-order valence-corrected chi connectivity index (χ4v) is 4.11. The van der Waals surface area contributed by atoms with Gasteiger partial charge in [-0.15, -0.1) is 11.3 Å². The number of morpholine rings is 1. The number of benzene rings is 1. The zero-order valence-electron chi connectivity index (χ0n) is 12.8. The Labute approximate surface area is 130 Å². The summed E-state index contributed by atoms with van der Waals surface area (Å²) >= 11 is 1.84. The van der Waals surface area contributed by atoms with Gasteiger partial charge in [-0.3, -0.25) is 4.90 Å². The van der Waals surface area contributed by atoms with Crippen molar-refractivity contribution in [3.8, 4) is 0 Å². The molecule has 1 fully saturated rings. The molecule has 21 heavy (non-hydrogen) atoms. The second kappa shape index (κ2) is 6.88. The molecule has 0 amide bonds. The molecule has 0 bridgehead atoms. The summed E-state index contributed by atoms with van der Waals surface area (Å²) in [4.78, 5) is 2.44. The monoisotopic (exact) mass is 304 g/mol. The van der Waals surface area contributed by atoms with Crippen LogP contribution in [0.25, 0.3) is 10.1 Å². The molecule has 2 atom stereocenters. The lowest BCUT2D eigenvalue weighted by molar-refractivity contribution is -0.0607. The van der Waals surface area contributed by atoms with E-state index in [-0.39, 0.29) is 6.10 Å². The van der Waals surface area contributed by atoms with E-state index < -0.39 is 0 Å². The van der Waals surface area contributed by atoms with Crippen molar-refractivity contribution in [1.82, 2.24) is 10.2 Å². The van der Waals surface area contributed by atoms with Gasteiger partial charge in [0.15, 0.2) is 0 Å². The van der Waals surface area contributed by atoms with Gasteiger partial charge < -0.3 is 10.1 Å². The van der Waals surface area contributed by atoms with Gasteiger partial charge in [-0.1, -0.05) is 25.1 Å². The third-order valence-corrected chi connectivity index (χ3v) is 5.19. The fourth-order valence-electron chi connectivity index (χ4n) is 3.12. The zero-order valence-corrected chi connectivity index (χ0v) is 13.7. The maximum absolute atomic E-state index is 6.08. The molecule has 3 nitrogen and oxygen atoms in total. The van der Waals surface area contributed by atoms with Gasteiger partial charge in [0.2, 0.25) is 0 Å². The Morgan fingerprint density at radius 3 is 3.10 bits per heavy atom. The summed E-state index contributed by atoms with van der Waals surface area (Å²) in [7, 11) is 2.21. The average Bonchev–Trinajstić information content (AvgIpc) is 2.92. The molecule has 2 heterocycles. The summed E-state index contributed by atoms with van der Waals surface area (Å²) < 4.78 is 7.45. The first kappa shape index (κ1) is 15.0. The van der Waals surface area contributed by atoms with Crippen LogP contribution >= 0.6 is 11.3 Å². The zero-order chi connectivity index (χ0) is 14.7. The molecular weight excluding hydrogens is 280 g/mol. The Bertz CT molecular complexity index is 583. The Morgan fingerprint density at radius 1 is 1.38 bits per heavy atom. The molecule has 0 spiro atoms. The Hall–Kier alpha value is -0.940. The second-order valence-corrected chi connectivity index (χ2v) is 6.64. The SMILES string of the molecule is CCCNCC1OCCN(C)C1c1csc2ccccc12. The van der Waals surface area contributed by atoms with Crippen molar-refractivity contribution in [3.63, 3.8) is 0 Å². The van der Waals surface area contributed by atoms with Crippen molar-refractivity contribution in [2.75, 3.05) is 33.3 Å². The van der Waals surface area contributed by atoms with Crippen LogP contribution in [0.1, 0.15) is 24.9 Å². The minimum atomic E-state index is 0.230. The molecule has 1 aromatic carbocycles. The Kier molecular flexibility index (Phi) is 4.91. The fraction of sp³-hybridized carbons (Fsp3) is 0.529. The van der Waals surface area contributed by atoms with E-state index >= 15 is 0 Å². The van der Waals surface area contributed by atoms with Crippen LogP contribution in [0.3, 0.4) is 0 Å². The highest BCUT2D eigenvalue weighted by Gasteiger charge is 2.32. The van der Waals surface area contributed by atoms with Crippen LogP contribution in [0.15, 0.2) is 29.6 Å². The smallest absolute Gasteiger partial charge is 0.0896 e. The highest BCUT2D eigenvalue weighted by atomic mass is 32.1. The standard InChI is InChI=1S/C17H24N2OS/c1-3-8-18-11-15-17(19(2)9-10-20-15)14-12-21-16-7-5-4-6-13(14)16/h4-7,12,15,17-18H,3,8-11H2,1-2H3. The van der Waals surface area contributed by atoms with Gasteiger partial charge in [0.05, 0.1) is 18.8 Å². The van der Waals surface area contributed by atoms with Crippen LogP contribution in [0.5, 0.6) is 0 Å². The number of hydrogen-bond acceptors (Lipinski definition) is 4. The molecule has 1 saturated heterocycles. The van der Waals surface area contributed by atoms with Crippen molar-refractivity contribution in [2.24, 2.45) is 0 Å². The van der Waals surface area contributed by atoms with Crippen molar-refractivity contribution < 1.29 is 4.74 Å². The van der Waals surface area contributed by atoms with Crippen molar-refractivity contribution >= 4 is 21.4 Å².